The fourth-order valence-corrected chi connectivity index (χ4v) is 2.44. The average molecular weight is 261 g/mol. The van der Waals surface area contributed by atoms with Crippen LogP contribution in [0.3, 0.4) is 0 Å². The molecule has 1 aromatic carbocycles. The summed E-state index contributed by atoms with van der Waals surface area (Å²) in [4.78, 5) is 4.44. The predicted octanol–water partition coefficient (Wildman–Crippen LogP) is 3.55. The Kier molecular flexibility index (Phi) is 3.30. The van der Waals surface area contributed by atoms with E-state index in [1.54, 1.807) is 0 Å². The second-order valence-electron chi connectivity index (χ2n) is 5.00. The molecule has 0 aliphatic rings. The Morgan fingerprint density at radius 2 is 1.70 bits per heavy atom. The number of rotatable bonds is 2. The third kappa shape index (κ3) is 2.45. The van der Waals surface area contributed by atoms with E-state index in [0.717, 1.165) is 11.3 Å². The van der Waals surface area contributed by atoms with Crippen molar-refractivity contribution in [3.63, 3.8) is 0 Å². The maximum absolute atomic E-state index is 4.44. The number of aromatic nitrogens is 2. The summed E-state index contributed by atoms with van der Waals surface area (Å²) in [6.07, 6.45) is 3.90. The molecule has 2 heterocycles. The lowest BCUT2D eigenvalue weighted by Crippen LogP contribution is -2.29. The first-order chi connectivity index (χ1) is 9.74. The Morgan fingerprint density at radius 3 is 2.45 bits per heavy atom. The van der Waals surface area contributed by atoms with Crippen molar-refractivity contribution in [2.24, 2.45) is 7.05 Å². The van der Waals surface area contributed by atoms with Gasteiger partial charge in [-0.2, -0.15) is 0 Å². The first-order valence-corrected chi connectivity index (χ1v) is 6.72. The van der Waals surface area contributed by atoms with E-state index in [0.29, 0.717) is 0 Å². The standard InChI is InChI=1S/C18H17N2/c1-14-11-15(17-7-3-5-9-19-17)13-16(12-14)18-8-4-6-10-20(18)2/h3-13H,1-2H3/q+1. The third-order valence-electron chi connectivity index (χ3n) is 3.39. The highest BCUT2D eigenvalue weighted by molar-refractivity contribution is 5.69. The molecular weight excluding hydrogens is 244 g/mol. The molecule has 0 aliphatic carbocycles. The third-order valence-corrected chi connectivity index (χ3v) is 3.39. The second kappa shape index (κ2) is 5.25. The maximum Gasteiger partial charge on any atom is 0.212 e. The lowest BCUT2D eigenvalue weighted by Gasteiger charge is -2.06. The molecule has 2 heteroatoms. The van der Waals surface area contributed by atoms with Crippen LogP contribution in [0.2, 0.25) is 0 Å². The summed E-state index contributed by atoms with van der Waals surface area (Å²) in [6.45, 7) is 2.12. The summed E-state index contributed by atoms with van der Waals surface area (Å²) in [5.41, 5.74) is 5.83. The van der Waals surface area contributed by atoms with E-state index in [1.807, 2.05) is 30.5 Å². The van der Waals surface area contributed by atoms with Gasteiger partial charge in [-0.3, -0.25) is 4.98 Å². The van der Waals surface area contributed by atoms with Crippen molar-refractivity contribution in [2.75, 3.05) is 0 Å². The van der Waals surface area contributed by atoms with Gasteiger partial charge in [0.2, 0.25) is 5.69 Å². The molecule has 0 spiro atoms. The molecule has 0 saturated heterocycles. The van der Waals surface area contributed by atoms with E-state index in [-0.39, 0.29) is 0 Å². The Bertz CT molecular complexity index is 733. The van der Waals surface area contributed by atoms with Gasteiger partial charge in [0, 0.05) is 29.5 Å². The van der Waals surface area contributed by atoms with Crippen LogP contribution in [-0.2, 0) is 7.05 Å². The Hall–Kier alpha value is -2.48. The molecule has 0 aliphatic heterocycles. The van der Waals surface area contributed by atoms with E-state index in [4.69, 9.17) is 0 Å². The van der Waals surface area contributed by atoms with Crippen molar-refractivity contribution in [2.45, 2.75) is 6.92 Å². The maximum atomic E-state index is 4.44. The molecule has 98 valence electrons. The largest absolute Gasteiger partial charge is 0.256 e. The molecule has 20 heavy (non-hydrogen) atoms. The van der Waals surface area contributed by atoms with E-state index < -0.39 is 0 Å². The minimum atomic E-state index is 1.01. The van der Waals surface area contributed by atoms with Crippen LogP contribution in [0.15, 0.2) is 67.0 Å². The fourth-order valence-electron chi connectivity index (χ4n) is 2.44. The first-order valence-electron chi connectivity index (χ1n) is 6.72. The number of hydrogen-bond acceptors (Lipinski definition) is 1. The zero-order valence-electron chi connectivity index (χ0n) is 11.7. The number of nitrogens with zero attached hydrogens (tertiary/aromatic N) is 2. The summed E-state index contributed by atoms with van der Waals surface area (Å²) < 4.78 is 2.14. The van der Waals surface area contributed by atoms with Gasteiger partial charge in [-0.15, -0.1) is 0 Å². The van der Waals surface area contributed by atoms with Crippen molar-refractivity contribution in [1.29, 1.82) is 0 Å². The molecule has 0 radical (unpaired) electrons. The molecule has 3 rings (SSSR count). The minimum absolute atomic E-state index is 1.01. The lowest BCUT2D eigenvalue weighted by atomic mass is 10.0. The highest BCUT2D eigenvalue weighted by Crippen LogP contribution is 2.25. The molecule has 2 aromatic heterocycles. The Balaban J connectivity index is 2.15. The van der Waals surface area contributed by atoms with E-state index in [1.165, 1.54) is 16.8 Å². The molecule has 0 amide bonds. The van der Waals surface area contributed by atoms with Gasteiger partial charge in [-0.1, -0.05) is 6.07 Å². The van der Waals surface area contributed by atoms with Gasteiger partial charge in [0.25, 0.3) is 0 Å². The summed E-state index contributed by atoms with van der Waals surface area (Å²) in [7, 11) is 2.07. The normalized spacial score (nSPS) is 10.5. The number of hydrogen-bond donors (Lipinski definition) is 0. The van der Waals surface area contributed by atoms with Gasteiger partial charge < -0.3 is 0 Å². The van der Waals surface area contributed by atoms with E-state index in [9.17, 15) is 0 Å². The second-order valence-corrected chi connectivity index (χ2v) is 5.00. The molecule has 0 N–H and O–H groups in total. The van der Waals surface area contributed by atoms with Crippen molar-refractivity contribution in [3.05, 3.63) is 72.6 Å². The zero-order valence-corrected chi connectivity index (χ0v) is 11.7. The van der Waals surface area contributed by atoms with Crippen LogP contribution in [0.25, 0.3) is 22.5 Å². The van der Waals surface area contributed by atoms with Gasteiger partial charge in [0.15, 0.2) is 6.20 Å². The summed E-state index contributed by atoms with van der Waals surface area (Å²) >= 11 is 0. The van der Waals surface area contributed by atoms with Crippen molar-refractivity contribution in [3.8, 4) is 22.5 Å². The van der Waals surface area contributed by atoms with Crippen molar-refractivity contribution in [1.82, 2.24) is 4.98 Å². The Morgan fingerprint density at radius 1 is 0.900 bits per heavy atom. The summed E-state index contributed by atoms with van der Waals surface area (Å²) in [6, 6.07) is 18.8. The molecule has 0 fully saturated rings. The highest BCUT2D eigenvalue weighted by Gasteiger charge is 2.10. The van der Waals surface area contributed by atoms with Gasteiger partial charge in [0.1, 0.15) is 7.05 Å². The van der Waals surface area contributed by atoms with Crippen molar-refractivity contribution < 1.29 is 4.57 Å². The zero-order chi connectivity index (χ0) is 13.9. The SMILES string of the molecule is Cc1cc(-c2ccccn2)cc(-c2cccc[n+]2C)c1. The van der Waals surface area contributed by atoms with Gasteiger partial charge in [-0.05, 0) is 48.9 Å². The Labute approximate surface area is 119 Å². The van der Waals surface area contributed by atoms with Crippen LogP contribution in [0.5, 0.6) is 0 Å². The highest BCUT2D eigenvalue weighted by atomic mass is 14.9. The smallest absolute Gasteiger partial charge is 0.212 e. The van der Waals surface area contributed by atoms with E-state index in [2.05, 4.69) is 60.1 Å². The predicted molar refractivity (Wildman–Crippen MR) is 81.0 cm³/mol. The van der Waals surface area contributed by atoms with Gasteiger partial charge in [0.05, 0.1) is 5.69 Å². The van der Waals surface area contributed by atoms with Crippen LogP contribution in [0.1, 0.15) is 5.56 Å². The molecule has 2 nitrogen and oxygen atoms in total. The minimum Gasteiger partial charge on any atom is -0.256 e. The van der Waals surface area contributed by atoms with Crippen LogP contribution >= 0.6 is 0 Å². The monoisotopic (exact) mass is 261 g/mol. The van der Waals surface area contributed by atoms with Gasteiger partial charge >= 0.3 is 0 Å². The number of benzene rings is 1. The molecular formula is C18H17N2+. The molecule has 0 atom stereocenters. The van der Waals surface area contributed by atoms with Crippen LogP contribution < -0.4 is 4.57 Å². The number of pyridine rings is 2. The lowest BCUT2D eigenvalue weighted by molar-refractivity contribution is -0.660. The quantitative estimate of drug-likeness (QED) is 0.645. The summed E-state index contributed by atoms with van der Waals surface area (Å²) in [5.74, 6) is 0. The van der Waals surface area contributed by atoms with Crippen LogP contribution in [0.4, 0.5) is 0 Å². The van der Waals surface area contributed by atoms with Crippen molar-refractivity contribution >= 4 is 0 Å². The summed E-state index contributed by atoms with van der Waals surface area (Å²) in [5, 5.41) is 0. The molecule has 0 bridgehead atoms. The van der Waals surface area contributed by atoms with E-state index >= 15 is 0 Å². The number of aryl methyl sites for hydroxylation is 2. The molecule has 0 unspecified atom stereocenters. The topological polar surface area (TPSA) is 16.8 Å². The average Bonchev–Trinajstić information content (AvgIpc) is 2.48. The molecule has 0 saturated carbocycles. The first kappa shape index (κ1) is 12.5. The van der Waals surface area contributed by atoms with Crippen LogP contribution in [0, 0.1) is 6.92 Å². The van der Waals surface area contributed by atoms with Gasteiger partial charge in [-0.25, -0.2) is 4.57 Å². The molecule has 3 aromatic rings. The van der Waals surface area contributed by atoms with Crippen LogP contribution in [-0.4, -0.2) is 4.98 Å². The fraction of sp³-hybridized carbons (Fsp3) is 0.111.